The van der Waals surface area contributed by atoms with Crippen LogP contribution in [0.15, 0.2) is 182 Å². The molecule has 0 aliphatic carbocycles. The third-order valence-electron chi connectivity index (χ3n) is 9.22. The lowest BCUT2D eigenvalue weighted by Crippen LogP contribution is -1.96. The van der Waals surface area contributed by atoms with Gasteiger partial charge >= 0.3 is 0 Å². The summed E-state index contributed by atoms with van der Waals surface area (Å²) in [5.74, 6) is 0.703. The smallest absolute Gasteiger partial charge is 0.160 e. The van der Waals surface area contributed by atoms with Gasteiger partial charge in [0.05, 0.1) is 22.4 Å². The predicted molar refractivity (Wildman–Crippen MR) is 205 cm³/mol. The fraction of sp³-hybridized carbons (Fsp3) is 0. The van der Waals surface area contributed by atoms with Gasteiger partial charge in [0.25, 0.3) is 0 Å². The molecule has 0 radical (unpaired) electrons. The monoisotopic (exact) mass is 638 g/mol. The van der Waals surface area contributed by atoms with Crippen LogP contribution in [-0.4, -0.2) is 19.9 Å². The highest BCUT2D eigenvalue weighted by atomic mass is 14.9. The number of hydrogen-bond acceptors (Lipinski definition) is 4. The summed E-state index contributed by atoms with van der Waals surface area (Å²) in [4.78, 5) is 19.4. The second kappa shape index (κ2) is 12.7. The van der Waals surface area contributed by atoms with Crippen LogP contribution in [0.1, 0.15) is 0 Å². The van der Waals surface area contributed by atoms with Crippen molar-refractivity contribution in [2.24, 2.45) is 0 Å². The third kappa shape index (κ3) is 5.59. The third-order valence-corrected chi connectivity index (χ3v) is 9.22. The summed E-state index contributed by atoms with van der Waals surface area (Å²) in [6.07, 6.45) is 3.71. The van der Waals surface area contributed by atoms with Gasteiger partial charge in [0.1, 0.15) is 0 Å². The Morgan fingerprint density at radius 3 is 1.58 bits per heavy atom. The van der Waals surface area contributed by atoms with Crippen molar-refractivity contribution in [1.82, 2.24) is 19.9 Å². The maximum absolute atomic E-state index is 5.05. The van der Waals surface area contributed by atoms with Crippen LogP contribution in [-0.2, 0) is 0 Å². The van der Waals surface area contributed by atoms with Crippen molar-refractivity contribution >= 4 is 21.8 Å². The first-order valence-corrected chi connectivity index (χ1v) is 16.7. The number of hydrogen-bond donors (Lipinski definition) is 0. The van der Waals surface area contributed by atoms with Crippen molar-refractivity contribution in [3.05, 3.63) is 182 Å². The quantitative estimate of drug-likeness (QED) is 0.170. The van der Waals surface area contributed by atoms with Gasteiger partial charge in [-0.15, -0.1) is 0 Å². The molecule has 0 atom stereocenters. The molecule has 0 saturated carbocycles. The summed E-state index contributed by atoms with van der Waals surface area (Å²) in [5, 5.41) is 2.18. The molecule has 0 spiro atoms. The van der Waals surface area contributed by atoms with Crippen molar-refractivity contribution in [2.75, 3.05) is 0 Å². The van der Waals surface area contributed by atoms with Crippen LogP contribution in [0, 0.1) is 0 Å². The van der Waals surface area contributed by atoms with E-state index in [1.165, 1.54) is 11.1 Å². The minimum atomic E-state index is 0.703. The number of rotatable bonds is 6. The largest absolute Gasteiger partial charge is 0.254 e. The lowest BCUT2D eigenvalue weighted by Gasteiger charge is -2.12. The van der Waals surface area contributed by atoms with E-state index in [4.69, 9.17) is 15.0 Å². The summed E-state index contributed by atoms with van der Waals surface area (Å²) >= 11 is 0. The summed E-state index contributed by atoms with van der Waals surface area (Å²) in [7, 11) is 0. The summed E-state index contributed by atoms with van der Waals surface area (Å²) in [5.41, 5.74) is 13.6. The molecule has 9 aromatic rings. The van der Waals surface area contributed by atoms with E-state index in [0.717, 1.165) is 72.1 Å². The lowest BCUT2D eigenvalue weighted by atomic mass is 9.95. The highest BCUT2D eigenvalue weighted by molar-refractivity contribution is 6.08. The van der Waals surface area contributed by atoms with E-state index in [1.807, 2.05) is 42.7 Å². The Labute approximate surface area is 290 Å². The molecule has 0 N–H and O–H groups in total. The molecular formula is C46H30N4. The molecule has 9 rings (SSSR count). The topological polar surface area (TPSA) is 51.6 Å². The number of aromatic nitrogens is 4. The zero-order valence-electron chi connectivity index (χ0n) is 27.1. The van der Waals surface area contributed by atoms with E-state index < -0.39 is 0 Å². The molecule has 0 amide bonds. The number of fused-ring (bicyclic) bond motifs is 3. The van der Waals surface area contributed by atoms with Crippen molar-refractivity contribution in [3.63, 3.8) is 0 Å². The fourth-order valence-corrected chi connectivity index (χ4v) is 6.63. The van der Waals surface area contributed by atoms with Crippen LogP contribution in [0.5, 0.6) is 0 Å². The van der Waals surface area contributed by atoms with E-state index in [9.17, 15) is 0 Å². The summed E-state index contributed by atoms with van der Waals surface area (Å²) < 4.78 is 0. The van der Waals surface area contributed by atoms with Gasteiger partial charge in [-0.1, -0.05) is 146 Å². The molecule has 0 saturated heterocycles. The molecule has 3 heterocycles. The van der Waals surface area contributed by atoms with E-state index in [2.05, 4.69) is 145 Å². The van der Waals surface area contributed by atoms with Crippen LogP contribution < -0.4 is 0 Å². The zero-order valence-corrected chi connectivity index (χ0v) is 27.1. The molecule has 6 aromatic carbocycles. The molecular weight excluding hydrogens is 609 g/mol. The van der Waals surface area contributed by atoms with Gasteiger partial charge < -0.3 is 0 Å². The predicted octanol–water partition coefficient (Wildman–Crippen LogP) is 11.6. The van der Waals surface area contributed by atoms with Gasteiger partial charge in [-0.2, -0.15) is 0 Å². The average Bonchev–Trinajstić information content (AvgIpc) is 3.21. The van der Waals surface area contributed by atoms with E-state index in [0.29, 0.717) is 5.82 Å². The van der Waals surface area contributed by atoms with Crippen LogP contribution >= 0.6 is 0 Å². The van der Waals surface area contributed by atoms with E-state index >= 15 is 0 Å². The van der Waals surface area contributed by atoms with E-state index in [-0.39, 0.29) is 0 Å². The first kappa shape index (κ1) is 29.4. The molecule has 234 valence electrons. The normalized spacial score (nSPS) is 11.2. The Balaban J connectivity index is 1.07. The molecule has 0 fully saturated rings. The van der Waals surface area contributed by atoms with Crippen LogP contribution in [0.2, 0.25) is 0 Å². The molecule has 0 bridgehead atoms. The minimum absolute atomic E-state index is 0.703. The second-order valence-electron chi connectivity index (χ2n) is 12.3. The molecule has 3 aromatic heterocycles. The summed E-state index contributed by atoms with van der Waals surface area (Å²) in [6, 6.07) is 59.1. The zero-order chi connectivity index (χ0) is 33.3. The van der Waals surface area contributed by atoms with Gasteiger partial charge in [0, 0.05) is 39.9 Å². The maximum Gasteiger partial charge on any atom is 0.160 e. The highest BCUT2D eigenvalue weighted by Crippen LogP contribution is 2.35. The van der Waals surface area contributed by atoms with Crippen molar-refractivity contribution in [1.29, 1.82) is 0 Å². The molecule has 50 heavy (non-hydrogen) atoms. The van der Waals surface area contributed by atoms with Crippen molar-refractivity contribution in [2.45, 2.75) is 0 Å². The Bertz CT molecular complexity index is 2620. The second-order valence-corrected chi connectivity index (χ2v) is 12.3. The van der Waals surface area contributed by atoms with Gasteiger partial charge in [-0.05, 0) is 57.6 Å². The molecule has 4 nitrogen and oxygen atoms in total. The molecule has 0 unspecified atom stereocenters. The fourth-order valence-electron chi connectivity index (χ4n) is 6.63. The Morgan fingerprint density at radius 2 is 0.880 bits per heavy atom. The van der Waals surface area contributed by atoms with Crippen LogP contribution in [0.4, 0.5) is 0 Å². The molecule has 0 aliphatic heterocycles. The van der Waals surface area contributed by atoms with Crippen LogP contribution in [0.25, 0.3) is 89.1 Å². The minimum Gasteiger partial charge on any atom is -0.254 e. The lowest BCUT2D eigenvalue weighted by molar-refractivity contribution is 1.18. The number of pyridine rings is 2. The van der Waals surface area contributed by atoms with E-state index in [1.54, 1.807) is 0 Å². The van der Waals surface area contributed by atoms with Gasteiger partial charge in [-0.25, -0.2) is 9.97 Å². The number of nitrogens with zero attached hydrogens (tertiary/aromatic N) is 4. The standard InChI is InChI=1S/C46H30N4/c1-3-9-31(10-4-1)32-16-20-34(21-17-32)42-30-43(50-46(49-42)37-11-5-2-6-12-37)35-22-18-33(19-23-35)38-13-7-14-39(29-38)40-26-28-48-45-41(40)25-24-36-15-8-27-47-44(36)45/h1-30H. The Hall–Kier alpha value is -6.78. The first-order chi connectivity index (χ1) is 24.8. The van der Waals surface area contributed by atoms with Gasteiger partial charge in [0.15, 0.2) is 5.82 Å². The first-order valence-electron chi connectivity index (χ1n) is 16.7. The highest BCUT2D eigenvalue weighted by Gasteiger charge is 2.13. The maximum atomic E-state index is 5.05. The van der Waals surface area contributed by atoms with Gasteiger partial charge in [-0.3, -0.25) is 9.97 Å². The Kier molecular flexibility index (Phi) is 7.45. The van der Waals surface area contributed by atoms with Crippen molar-refractivity contribution in [3.8, 4) is 67.3 Å². The summed E-state index contributed by atoms with van der Waals surface area (Å²) in [6.45, 7) is 0. The SMILES string of the molecule is c1ccc(-c2ccc(-c3cc(-c4ccc(-c5cccc(-c6ccnc7c6ccc6cccnc67)c5)cc4)nc(-c4ccccc4)n3)cc2)cc1. The molecule has 0 aliphatic rings. The number of benzene rings is 6. The Morgan fingerprint density at radius 1 is 0.320 bits per heavy atom. The molecule has 4 heteroatoms. The average molecular weight is 639 g/mol. The van der Waals surface area contributed by atoms with Crippen molar-refractivity contribution < 1.29 is 0 Å². The van der Waals surface area contributed by atoms with Crippen LogP contribution in [0.3, 0.4) is 0 Å². The van der Waals surface area contributed by atoms with Gasteiger partial charge in [0.2, 0.25) is 0 Å².